The predicted molar refractivity (Wildman–Crippen MR) is 78.3 cm³/mol. The van der Waals surface area contributed by atoms with Crippen molar-refractivity contribution in [1.29, 1.82) is 0 Å². The van der Waals surface area contributed by atoms with Crippen molar-refractivity contribution in [1.82, 2.24) is 0 Å². The van der Waals surface area contributed by atoms with Crippen LogP contribution >= 0.6 is 11.8 Å². The van der Waals surface area contributed by atoms with Gasteiger partial charge in [-0.3, -0.25) is 0 Å². The van der Waals surface area contributed by atoms with Gasteiger partial charge in [-0.05, 0) is 25.0 Å². The fourth-order valence-electron chi connectivity index (χ4n) is 2.50. The largest absolute Gasteiger partial charge is 0.496 e. The van der Waals surface area contributed by atoms with Gasteiger partial charge in [0, 0.05) is 16.2 Å². The zero-order valence-corrected chi connectivity index (χ0v) is 11.9. The molecule has 0 radical (unpaired) electrons. The number of ether oxygens (including phenoxy) is 1. The zero-order chi connectivity index (χ0) is 12.8. The second-order valence-corrected chi connectivity index (χ2v) is 6.24. The molecule has 1 fully saturated rings. The van der Waals surface area contributed by atoms with E-state index in [1.165, 1.54) is 37.0 Å². The standard InChI is InChI=1S/C15H23NOS/c1-17-13-9-6-7-11-15(13)18-14-10-5-3-2-4-8-12(14)16/h6-7,9,11-12,14H,2-5,8,10,16H2,1H3. The minimum absolute atomic E-state index is 0.320. The summed E-state index contributed by atoms with van der Waals surface area (Å²) in [5.41, 5.74) is 6.33. The van der Waals surface area contributed by atoms with Crippen LogP contribution in [0.25, 0.3) is 0 Å². The summed E-state index contributed by atoms with van der Waals surface area (Å²) in [4.78, 5) is 1.22. The molecular formula is C15H23NOS. The summed E-state index contributed by atoms with van der Waals surface area (Å²) in [6.45, 7) is 0. The Labute approximate surface area is 114 Å². The maximum Gasteiger partial charge on any atom is 0.132 e. The third-order valence-electron chi connectivity index (χ3n) is 3.60. The summed E-state index contributed by atoms with van der Waals surface area (Å²) < 4.78 is 5.42. The van der Waals surface area contributed by atoms with Crippen LogP contribution in [0, 0.1) is 0 Å². The molecule has 1 aliphatic rings. The van der Waals surface area contributed by atoms with Crippen LogP contribution in [0.15, 0.2) is 29.2 Å². The molecule has 3 heteroatoms. The van der Waals surface area contributed by atoms with Crippen LogP contribution in [0.3, 0.4) is 0 Å². The van der Waals surface area contributed by atoms with E-state index < -0.39 is 0 Å². The first-order valence-electron chi connectivity index (χ1n) is 6.86. The average Bonchev–Trinajstić information content (AvgIpc) is 2.39. The van der Waals surface area contributed by atoms with Crippen LogP contribution in [0.1, 0.15) is 38.5 Å². The van der Waals surface area contributed by atoms with E-state index >= 15 is 0 Å². The number of hydrogen-bond donors (Lipinski definition) is 1. The van der Waals surface area contributed by atoms with Crippen LogP contribution in [-0.4, -0.2) is 18.4 Å². The Morgan fingerprint density at radius 1 is 1.11 bits per heavy atom. The highest BCUT2D eigenvalue weighted by molar-refractivity contribution is 8.00. The van der Waals surface area contributed by atoms with Crippen molar-refractivity contribution < 1.29 is 4.74 Å². The van der Waals surface area contributed by atoms with Crippen LogP contribution in [0.4, 0.5) is 0 Å². The molecule has 0 spiro atoms. The fourth-order valence-corrected chi connectivity index (χ4v) is 3.85. The zero-order valence-electron chi connectivity index (χ0n) is 11.1. The molecule has 100 valence electrons. The van der Waals surface area contributed by atoms with Crippen molar-refractivity contribution >= 4 is 11.8 Å². The number of benzene rings is 1. The Balaban J connectivity index is 2.05. The SMILES string of the molecule is COc1ccccc1SC1CCCCCCC1N. The van der Waals surface area contributed by atoms with E-state index in [0.29, 0.717) is 11.3 Å². The third kappa shape index (κ3) is 3.66. The van der Waals surface area contributed by atoms with E-state index in [9.17, 15) is 0 Å². The lowest BCUT2D eigenvalue weighted by Gasteiger charge is -2.26. The third-order valence-corrected chi connectivity index (χ3v) is 5.08. The first kappa shape index (κ1) is 13.8. The van der Waals surface area contributed by atoms with Crippen molar-refractivity contribution in [2.24, 2.45) is 5.73 Å². The minimum Gasteiger partial charge on any atom is -0.496 e. The second-order valence-electron chi connectivity index (χ2n) is 4.96. The van der Waals surface area contributed by atoms with Gasteiger partial charge in [0.25, 0.3) is 0 Å². The molecule has 2 N–H and O–H groups in total. The van der Waals surface area contributed by atoms with Gasteiger partial charge in [-0.1, -0.05) is 37.8 Å². The van der Waals surface area contributed by atoms with Gasteiger partial charge in [-0.25, -0.2) is 0 Å². The number of rotatable bonds is 3. The molecule has 0 heterocycles. The minimum atomic E-state index is 0.320. The molecule has 2 atom stereocenters. The van der Waals surface area contributed by atoms with Gasteiger partial charge in [0.15, 0.2) is 0 Å². The van der Waals surface area contributed by atoms with Gasteiger partial charge < -0.3 is 10.5 Å². The van der Waals surface area contributed by atoms with Gasteiger partial charge >= 0.3 is 0 Å². The first-order valence-corrected chi connectivity index (χ1v) is 7.74. The molecule has 0 bridgehead atoms. The molecule has 0 aliphatic heterocycles. The Hall–Kier alpha value is -0.670. The summed E-state index contributed by atoms with van der Waals surface area (Å²) in [5.74, 6) is 0.969. The number of hydrogen-bond acceptors (Lipinski definition) is 3. The van der Waals surface area contributed by atoms with E-state index in [-0.39, 0.29) is 0 Å². The highest BCUT2D eigenvalue weighted by Crippen LogP contribution is 2.36. The van der Waals surface area contributed by atoms with Crippen molar-refractivity contribution in [3.63, 3.8) is 0 Å². The van der Waals surface area contributed by atoms with Gasteiger partial charge in [-0.15, -0.1) is 11.8 Å². The lowest BCUT2D eigenvalue weighted by atomic mass is 9.97. The van der Waals surface area contributed by atoms with E-state index in [2.05, 4.69) is 12.1 Å². The quantitative estimate of drug-likeness (QED) is 0.902. The van der Waals surface area contributed by atoms with Gasteiger partial charge in [0.05, 0.1) is 7.11 Å². The van der Waals surface area contributed by atoms with E-state index in [4.69, 9.17) is 10.5 Å². The maximum atomic E-state index is 6.33. The topological polar surface area (TPSA) is 35.2 Å². The van der Waals surface area contributed by atoms with Crippen molar-refractivity contribution in [2.45, 2.75) is 54.7 Å². The number of nitrogens with two attached hydrogens (primary N) is 1. The summed E-state index contributed by atoms with van der Waals surface area (Å²) in [6, 6.07) is 8.56. The summed E-state index contributed by atoms with van der Waals surface area (Å²) in [5, 5.41) is 0.529. The molecule has 1 saturated carbocycles. The van der Waals surface area contributed by atoms with Crippen molar-refractivity contribution in [3.8, 4) is 5.75 Å². The normalized spacial score (nSPS) is 25.2. The van der Waals surface area contributed by atoms with E-state index in [1.807, 2.05) is 23.9 Å². The molecule has 0 amide bonds. The highest BCUT2D eigenvalue weighted by atomic mass is 32.2. The van der Waals surface area contributed by atoms with Crippen LogP contribution < -0.4 is 10.5 Å². The highest BCUT2D eigenvalue weighted by Gasteiger charge is 2.21. The Kier molecular flexibility index (Phi) is 5.39. The van der Waals surface area contributed by atoms with Crippen molar-refractivity contribution in [3.05, 3.63) is 24.3 Å². The van der Waals surface area contributed by atoms with E-state index in [1.54, 1.807) is 7.11 Å². The lowest BCUT2D eigenvalue weighted by Crippen LogP contribution is -2.33. The molecule has 0 aromatic heterocycles. The number of thioether (sulfide) groups is 1. The molecule has 1 aliphatic carbocycles. The monoisotopic (exact) mass is 265 g/mol. The lowest BCUT2D eigenvalue weighted by molar-refractivity contribution is 0.404. The summed E-state index contributed by atoms with van der Waals surface area (Å²) >= 11 is 1.90. The molecule has 1 aromatic carbocycles. The first-order chi connectivity index (χ1) is 8.81. The van der Waals surface area contributed by atoms with Gasteiger partial charge in [0.1, 0.15) is 5.75 Å². The molecule has 1 aromatic rings. The van der Waals surface area contributed by atoms with Gasteiger partial charge in [0.2, 0.25) is 0 Å². The molecular weight excluding hydrogens is 242 g/mol. The molecule has 18 heavy (non-hydrogen) atoms. The second kappa shape index (κ2) is 7.05. The predicted octanol–water partition coefficient (Wildman–Crippen LogP) is 3.84. The van der Waals surface area contributed by atoms with Crippen molar-refractivity contribution in [2.75, 3.05) is 7.11 Å². The average molecular weight is 265 g/mol. The molecule has 2 rings (SSSR count). The Bertz CT molecular complexity index is 369. The summed E-state index contributed by atoms with van der Waals surface area (Å²) in [6.07, 6.45) is 7.68. The summed E-state index contributed by atoms with van der Waals surface area (Å²) in [7, 11) is 1.73. The van der Waals surface area contributed by atoms with Crippen LogP contribution in [0.2, 0.25) is 0 Å². The molecule has 0 saturated heterocycles. The van der Waals surface area contributed by atoms with Crippen LogP contribution in [0.5, 0.6) is 5.75 Å². The Morgan fingerprint density at radius 2 is 1.83 bits per heavy atom. The smallest absolute Gasteiger partial charge is 0.132 e. The Morgan fingerprint density at radius 3 is 2.61 bits per heavy atom. The van der Waals surface area contributed by atoms with E-state index in [0.717, 1.165) is 12.2 Å². The van der Waals surface area contributed by atoms with Gasteiger partial charge in [-0.2, -0.15) is 0 Å². The number of methoxy groups -OCH3 is 1. The molecule has 2 nitrogen and oxygen atoms in total. The number of para-hydroxylation sites is 1. The van der Waals surface area contributed by atoms with Crippen LogP contribution in [-0.2, 0) is 0 Å². The maximum absolute atomic E-state index is 6.33. The molecule has 2 unspecified atom stereocenters. The fraction of sp³-hybridized carbons (Fsp3) is 0.600.